The number of carbonyl (C=O) groups excluding carboxylic acids is 1. The number of halogens is 5. The van der Waals surface area contributed by atoms with E-state index in [1.54, 1.807) is 0 Å². The SMILES string of the molecule is COc1cc2c(ccn2S(=O)(=O)c2ccc(Cl)cc2Cl)c2c1OCCNC2(C)OC(=O)C(F)(F)F. The Morgan fingerprint density at radius 3 is 2.57 bits per heavy atom. The molecule has 8 nitrogen and oxygen atoms in total. The molecular weight excluding hydrogens is 536 g/mol. The van der Waals surface area contributed by atoms with E-state index in [0.29, 0.717) is 0 Å². The van der Waals surface area contributed by atoms with E-state index in [1.807, 2.05) is 0 Å². The largest absolute Gasteiger partial charge is 0.493 e. The molecule has 2 heterocycles. The molecule has 14 heteroatoms. The van der Waals surface area contributed by atoms with Crippen LogP contribution < -0.4 is 14.8 Å². The van der Waals surface area contributed by atoms with E-state index >= 15 is 0 Å². The summed E-state index contributed by atoms with van der Waals surface area (Å²) in [4.78, 5) is 11.5. The second-order valence-corrected chi connectivity index (χ2v) is 10.2. The number of nitrogens with one attached hydrogen (secondary N) is 1. The summed E-state index contributed by atoms with van der Waals surface area (Å²) in [5.74, 6) is -2.42. The molecule has 1 unspecified atom stereocenters. The fraction of sp³-hybridized carbons (Fsp3) is 0.286. The van der Waals surface area contributed by atoms with Crippen molar-refractivity contribution >= 4 is 50.1 Å². The molecule has 0 spiro atoms. The lowest BCUT2D eigenvalue weighted by Gasteiger charge is -2.31. The first-order valence-corrected chi connectivity index (χ1v) is 12.1. The molecule has 0 saturated carbocycles. The highest BCUT2D eigenvalue weighted by Gasteiger charge is 2.48. The zero-order chi connectivity index (χ0) is 25.8. The number of hydrogen-bond acceptors (Lipinski definition) is 7. The third-order valence-corrected chi connectivity index (χ3v) is 7.75. The van der Waals surface area contributed by atoms with E-state index in [-0.39, 0.29) is 56.1 Å². The monoisotopic (exact) mass is 552 g/mol. The van der Waals surface area contributed by atoms with E-state index in [9.17, 15) is 26.4 Å². The van der Waals surface area contributed by atoms with Crippen molar-refractivity contribution in [2.45, 2.75) is 23.7 Å². The fourth-order valence-electron chi connectivity index (χ4n) is 3.84. The van der Waals surface area contributed by atoms with Gasteiger partial charge in [-0.15, -0.1) is 0 Å². The lowest BCUT2D eigenvalue weighted by Crippen LogP contribution is -2.46. The first kappa shape index (κ1) is 25.4. The highest BCUT2D eigenvalue weighted by Crippen LogP contribution is 2.46. The predicted molar refractivity (Wildman–Crippen MR) is 121 cm³/mol. The Morgan fingerprint density at radius 2 is 1.94 bits per heavy atom. The fourth-order valence-corrected chi connectivity index (χ4v) is 5.93. The van der Waals surface area contributed by atoms with Crippen LogP contribution in [0.4, 0.5) is 13.2 Å². The first-order valence-electron chi connectivity index (χ1n) is 9.91. The van der Waals surface area contributed by atoms with Crippen LogP contribution in [0.3, 0.4) is 0 Å². The number of nitrogens with zero attached hydrogens (tertiary/aromatic N) is 1. The van der Waals surface area contributed by atoms with Gasteiger partial charge in [0.1, 0.15) is 11.5 Å². The van der Waals surface area contributed by atoms with Crippen molar-refractivity contribution in [3.63, 3.8) is 0 Å². The molecule has 0 aliphatic carbocycles. The maximum absolute atomic E-state index is 13.5. The van der Waals surface area contributed by atoms with Crippen molar-refractivity contribution in [3.8, 4) is 11.5 Å². The molecule has 1 aliphatic heterocycles. The Labute approximate surface area is 207 Å². The van der Waals surface area contributed by atoms with E-state index in [0.717, 1.165) is 3.97 Å². The summed E-state index contributed by atoms with van der Waals surface area (Å²) < 4.78 is 82.9. The summed E-state index contributed by atoms with van der Waals surface area (Å²) >= 11 is 12.0. The van der Waals surface area contributed by atoms with Crippen LogP contribution in [0.5, 0.6) is 11.5 Å². The molecule has 1 aliphatic rings. The third kappa shape index (κ3) is 4.39. The minimum Gasteiger partial charge on any atom is -0.493 e. The normalized spacial score (nSPS) is 18.5. The Bertz CT molecular complexity index is 1440. The number of fused-ring (bicyclic) bond motifs is 3. The highest BCUT2D eigenvalue weighted by molar-refractivity contribution is 7.90. The van der Waals surface area contributed by atoms with Gasteiger partial charge in [0, 0.05) is 29.2 Å². The Balaban J connectivity index is 1.99. The minimum absolute atomic E-state index is 0.00199. The number of rotatable bonds is 4. The van der Waals surface area contributed by atoms with Crippen LogP contribution in [0, 0.1) is 0 Å². The Hall–Kier alpha value is -2.67. The molecule has 0 saturated heterocycles. The van der Waals surface area contributed by atoms with Crippen molar-refractivity contribution < 1.29 is 40.6 Å². The molecule has 0 radical (unpaired) electrons. The van der Waals surface area contributed by atoms with E-state index in [1.165, 1.54) is 50.6 Å². The highest BCUT2D eigenvalue weighted by atomic mass is 35.5. The second kappa shape index (κ2) is 8.77. The van der Waals surface area contributed by atoms with Crippen LogP contribution >= 0.6 is 23.2 Å². The number of hydrogen-bond donors (Lipinski definition) is 1. The van der Waals surface area contributed by atoms with Gasteiger partial charge in [0.15, 0.2) is 17.2 Å². The lowest BCUT2D eigenvalue weighted by molar-refractivity contribution is -0.216. The number of carbonyl (C=O) groups is 1. The zero-order valence-electron chi connectivity index (χ0n) is 18.1. The van der Waals surface area contributed by atoms with Gasteiger partial charge in [-0.1, -0.05) is 23.2 Å². The van der Waals surface area contributed by atoms with Gasteiger partial charge in [-0.25, -0.2) is 17.2 Å². The quantitative estimate of drug-likeness (QED) is 0.477. The van der Waals surface area contributed by atoms with Gasteiger partial charge >= 0.3 is 12.1 Å². The average Bonchev–Trinajstić information content (AvgIpc) is 3.11. The topological polar surface area (TPSA) is 95.9 Å². The third-order valence-electron chi connectivity index (χ3n) is 5.34. The van der Waals surface area contributed by atoms with Crippen LogP contribution in [0.15, 0.2) is 41.4 Å². The second-order valence-electron chi connectivity index (χ2n) is 7.60. The van der Waals surface area contributed by atoms with Gasteiger partial charge in [-0.05, 0) is 31.2 Å². The number of ether oxygens (including phenoxy) is 3. The van der Waals surface area contributed by atoms with Gasteiger partial charge < -0.3 is 14.2 Å². The van der Waals surface area contributed by atoms with Gasteiger partial charge in [-0.3, -0.25) is 5.32 Å². The van der Waals surface area contributed by atoms with Crippen molar-refractivity contribution in [2.75, 3.05) is 20.3 Å². The van der Waals surface area contributed by atoms with Crippen molar-refractivity contribution in [2.24, 2.45) is 0 Å². The summed E-state index contributed by atoms with van der Waals surface area (Å²) in [6.07, 6.45) is -4.07. The van der Waals surface area contributed by atoms with E-state index in [4.69, 9.17) is 37.4 Å². The van der Waals surface area contributed by atoms with Gasteiger partial charge in [0.25, 0.3) is 10.0 Å². The van der Waals surface area contributed by atoms with Crippen molar-refractivity contribution in [1.29, 1.82) is 0 Å². The molecule has 3 aromatic rings. The Morgan fingerprint density at radius 1 is 1.23 bits per heavy atom. The lowest BCUT2D eigenvalue weighted by atomic mass is 9.98. The molecule has 4 rings (SSSR count). The summed E-state index contributed by atoms with van der Waals surface area (Å²) in [7, 11) is -3.01. The average molecular weight is 553 g/mol. The number of aromatic nitrogens is 1. The smallest absolute Gasteiger partial charge is 0.491 e. The van der Waals surface area contributed by atoms with Crippen LogP contribution in [-0.4, -0.2) is 44.8 Å². The molecular formula is C21H17Cl2F3N2O6S. The zero-order valence-corrected chi connectivity index (χ0v) is 20.4. The van der Waals surface area contributed by atoms with Crippen molar-refractivity contribution in [3.05, 3.63) is 52.1 Å². The van der Waals surface area contributed by atoms with Crippen LogP contribution in [0.25, 0.3) is 10.9 Å². The number of esters is 1. The van der Waals surface area contributed by atoms with E-state index in [2.05, 4.69) is 5.32 Å². The molecule has 0 bridgehead atoms. The van der Waals surface area contributed by atoms with E-state index < -0.39 is 27.9 Å². The van der Waals surface area contributed by atoms with Crippen LogP contribution in [0.1, 0.15) is 12.5 Å². The number of benzene rings is 2. The number of methoxy groups -OCH3 is 1. The molecule has 2 aromatic carbocycles. The molecule has 0 amide bonds. The van der Waals surface area contributed by atoms with Crippen LogP contribution in [-0.2, 0) is 25.3 Å². The predicted octanol–water partition coefficient (Wildman–Crippen LogP) is 4.45. The Kier molecular flexibility index (Phi) is 6.37. The minimum atomic E-state index is -5.27. The molecule has 35 heavy (non-hydrogen) atoms. The summed E-state index contributed by atoms with van der Waals surface area (Å²) in [6, 6.07) is 6.55. The van der Waals surface area contributed by atoms with Gasteiger partial charge in [0.2, 0.25) is 0 Å². The molecule has 0 fully saturated rings. The summed E-state index contributed by atoms with van der Waals surface area (Å²) in [5.41, 5.74) is -2.06. The summed E-state index contributed by atoms with van der Waals surface area (Å²) in [6.45, 7) is 1.23. The molecule has 1 atom stereocenters. The maximum atomic E-state index is 13.5. The first-order chi connectivity index (χ1) is 16.3. The standard InChI is InChI=1S/C21H17Cl2F3N2O6S/c1-20(34-19(29)21(24,25)26)17-12-5-7-28(35(30,31)16-4-3-11(22)9-13(16)23)14(12)10-15(32-2)18(17)33-8-6-27-20/h3-5,7,9-10,27H,6,8H2,1-2H3. The maximum Gasteiger partial charge on any atom is 0.491 e. The molecule has 188 valence electrons. The molecule has 1 N–H and O–H groups in total. The summed E-state index contributed by atoms with van der Waals surface area (Å²) in [5, 5.41) is 2.97. The van der Waals surface area contributed by atoms with Gasteiger partial charge in [-0.2, -0.15) is 13.2 Å². The molecule has 1 aromatic heterocycles. The van der Waals surface area contributed by atoms with Crippen LogP contribution in [0.2, 0.25) is 10.0 Å². The van der Waals surface area contributed by atoms with Gasteiger partial charge in [0.05, 0.1) is 23.2 Å². The number of alkyl halides is 3. The van der Waals surface area contributed by atoms with Crippen molar-refractivity contribution in [1.82, 2.24) is 9.29 Å².